The van der Waals surface area contributed by atoms with E-state index in [1.807, 2.05) is 36.4 Å². The Bertz CT molecular complexity index is 1240. The quantitative estimate of drug-likeness (QED) is 0.589. The number of ketones is 1. The minimum Gasteiger partial charge on any atom is -0.497 e. The molecule has 5 rings (SSSR count). The van der Waals surface area contributed by atoms with Crippen molar-refractivity contribution in [2.45, 2.75) is 24.8 Å². The van der Waals surface area contributed by atoms with E-state index in [-0.39, 0.29) is 11.7 Å². The molecule has 0 radical (unpaired) electrons. The van der Waals surface area contributed by atoms with Crippen molar-refractivity contribution < 1.29 is 23.7 Å². The van der Waals surface area contributed by atoms with Crippen LogP contribution in [0.25, 0.3) is 0 Å². The van der Waals surface area contributed by atoms with Gasteiger partial charge in [-0.05, 0) is 58.2 Å². The maximum absolute atomic E-state index is 13.6. The number of methoxy groups -OCH3 is 4. The maximum Gasteiger partial charge on any atom is 0.248 e. The Morgan fingerprint density at radius 3 is 2.24 bits per heavy atom. The maximum atomic E-state index is 13.6. The first-order valence-electron chi connectivity index (χ1n) is 10.8. The number of carbonyl (C=O) groups excluding carboxylic acids is 1. The van der Waals surface area contributed by atoms with E-state index in [4.69, 9.17) is 18.9 Å². The van der Waals surface area contributed by atoms with Gasteiger partial charge in [0.05, 0.1) is 28.4 Å². The van der Waals surface area contributed by atoms with E-state index in [2.05, 4.69) is 20.8 Å². The number of fused-ring (bicyclic) bond motifs is 1. The van der Waals surface area contributed by atoms with Crippen molar-refractivity contribution in [3.63, 3.8) is 0 Å². The first-order chi connectivity index (χ1) is 16.6. The fourth-order valence-corrected chi connectivity index (χ4v) is 4.75. The van der Waals surface area contributed by atoms with Gasteiger partial charge in [0.2, 0.25) is 11.7 Å². The van der Waals surface area contributed by atoms with Crippen molar-refractivity contribution in [2.24, 2.45) is 0 Å². The standard InChI is InChI=1S/C24H25N5O5/c1-31-16-7-5-13(6-8-16)14-9-17-21(18(30)10-14)22(29-24(25-17)26-27-28-29)15-11-19(32-2)23(34-4)20(12-15)33-3/h5-8,11-12,14,22H,9-10H2,1-4H3,(H,25,26,28). The molecule has 2 aliphatic rings. The van der Waals surface area contributed by atoms with E-state index in [1.165, 1.54) is 0 Å². The van der Waals surface area contributed by atoms with Crippen LogP contribution in [0.5, 0.6) is 23.0 Å². The molecular formula is C24H25N5O5. The van der Waals surface area contributed by atoms with Crippen LogP contribution in [0.3, 0.4) is 0 Å². The number of nitrogens with zero attached hydrogens (tertiary/aromatic N) is 4. The molecule has 1 N–H and O–H groups in total. The second kappa shape index (κ2) is 8.69. The number of Topliss-reactive ketones (excluding diaryl/α,β-unsaturated/α-hetero) is 1. The van der Waals surface area contributed by atoms with Crippen LogP contribution in [0.1, 0.15) is 35.9 Å². The normalized spacial score (nSPS) is 19.1. The second-order valence-electron chi connectivity index (χ2n) is 8.13. The van der Waals surface area contributed by atoms with Gasteiger partial charge >= 0.3 is 0 Å². The topological polar surface area (TPSA) is 110 Å². The number of nitrogens with one attached hydrogen (secondary N) is 1. The Kier molecular flexibility index (Phi) is 5.56. The molecule has 0 fully saturated rings. The molecule has 2 aromatic carbocycles. The van der Waals surface area contributed by atoms with Crippen molar-refractivity contribution in [2.75, 3.05) is 33.8 Å². The number of rotatable bonds is 6. The molecule has 10 nitrogen and oxygen atoms in total. The highest BCUT2D eigenvalue weighted by molar-refractivity contribution is 6.00. The predicted molar refractivity (Wildman–Crippen MR) is 123 cm³/mol. The Labute approximate surface area is 196 Å². The van der Waals surface area contributed by atoms with Gasteiger partial charge in [-0.25, -0.2) is 0 Å². The zero-order valence-corrected chi connectivity index (χ0v) is 19.4. The zero-order valence-electron chi connectivity index (χ0n) is 19.4. The lowest BCUT2D eigenvalue weighted by atomic mass is 9.78. The Balaban J connectivity index is 1.60. The molecule has 176 valence electrons. The Morgan fingerprint density at radius 1 is 0.912 bits per heavy atom. The molecule has 0 saturated heterocycles. The number of aromatic nitrogens is 4. The van der Waals surface area contributed by atoms with Crippen molar-refractivity contribution in [3.8, 4) is 23.0 Å². The lowest BCUT2D eigenvalue weighted by Crippen LogP contribution is -2.33. The molecule has 0 amide bonds. The number of tetrazole rings is 1. The van der Waals surface area contributed by atoms with E-state index in [0.717, 1.165) is 22.6 Å². The fourth-order valence-electron chi connectivity index (χ4n) is 4.75. The molecular weight excluding hydrogens is 438 g/mol. The summed E-state index contributed by atoms with van der Waals surface area (Å²) in [5, 5.41) is 15.4. The number of hydrogen-bond acceptors (Lipinski definition) is 9. The van der Waals surface area contributed by atoms with Crippen molar-refractivity contribution in [3.05, 3.63) is 58.8 Å². The van der Waals surface area contributed by atoms with Crippen LogP contribution in [-0.2, 0) is 4.79 Å². The summed E-state index contributed by atoms with van der Waals surface area (Å²) in [7, 11) is 6.30. The summed E-state index contributed by atoms with van der Waals surface area (Å²) in [5.41, 5.74) is 3.29. The third kappa shape index (κ3) is 3.51. The Morgan fingerprint density at radius 2 is 1.62 bits per heavy atom. The number of allylic oxidation sites excluding steroid dienone is 2. The highest BCUT2D eigenvalue weighted by atomic mass is 16.5. The van der Waals surface area contributed by atoms with Gasteiger partial charge in [-0.1, -0.05) is 17.2 Å². The number of ether oxygens (including phenoxy) is 4. The molecule has 1 aliphatic carbocycles. The number of benzene rings is 2. The van der Waals surface area contributed by atoms with Crippen LogP contribution in [0.2, 0.25) is 0 Å². The van der Waals surface area contributed by atoms with Crippen LogP contribution >= 0.6 is 0 Å². The van der Waals surface area contributed by atoms with Crippen molar-refractivity contribution in [1.29, 1.82) is 0 Å². The monoisotopic (exact) mass is 463 g/mol. The average Bonchev–Trinajstić information content (AvgIpc) is 3.34. The van der Waals surface area contributed by atoms with E-state index >= 15 is 0 Å². The highest BCUT2D eigenvalue weighted by Crippen LogP contribution is 2.47. The van der Waals surface area contributed by atoms with E-state index in [0.29, 0.717) is 41.6 Å². The van der Waals surface area contributed by atoms with Gasteiger partial charge in [0.25, 0.3) is 0 Å². The predicted octanol–water partition coefficient (Wildman–Crippen LogP) is 3.12. The fraction of sp³-hybridized carbons (Fsp3) is 0.333. The van der Waals surface area contributed by atoms with E-state index in [1.54, 1.807) is 33.1 Å². The molecule has 10 heteroatoms. The summed E-state index contributed by atoms with van der Waals surface area (Å²) in [6.07, 6.45) is 1.03. The van der Waals surface area contributed by atoms with Gasteiger partial charge in [-0.2, -0.15) is 4.68 Å². The zero-order chi connectivity index (χ0) is 23.8. The minimum atomic E-state index is -0.528. The van der Waals surface area contributed by atoms with Crippen LogP contribution < -0.4 is 24.3 Å². The molecule has 1 aromatic heterocycles. The van der Waals surface area contributed by atoms with Crippen molar-refractivity contribution >= 4 is 11.7 Å². The summed E-state index contributed by atoms with van der Waals surface area (Å²) < 4.78 is 23.4. The first kappa shape index (κ1) is 21.7. The van der Waals surface area contributed by atoms with Crippen LogP contribution in [0.4, 0.5) is 5.95 Å². The highest BCUT2D eigenvalue weighted by Gasteiger charge is 2.40. The third-order valence-corrected chi connectivity index (χ3v) is 6.37. The van der Waals surface area contributed by atoms with E-state index in [9.17, 15) is 4.79 Å². The lowest BCUT2D eigenvalue weighted by Gasteiger charge is -2.35. The van der Waals surface area contributed by atoms with Crippen LogP contribution in [0.15, 0.2) is 47.7 Å². The molecule has 0 spiro atoms. The molecule has 0 bridgehead atoms. The van der Waals surface area contributed by atoms with E-state index < -0.39 is 6.04 Å². The minimum absolute atomic E-state index is 0.0349. The van der Waals surface area contributed by atoms with Gasteiger partial charge in [0.1, 0.15) is 11.8 Å². The number of carbonyl (C=O) groups is 1. The molecule has 34 heavy (non-hydrogen) atoms. The summed E-state index contributed by atoms with van der Waals surface area (Å²) in [5.74, 6) is 2.78. The molecule has 3 aromatic rings. The van der Waals surface area contributed by atoms with Gasteiger partial charge in [0.15, 0.2) is 17.3 Å². The largest absolute Gasteiger partial charge is 0.497 e. The van der Waals surface area contributed by atoms with Gasteiger partial charge in [-0.3, -0.25) is 4.79 Å². The summed E-state index contributed by atoms with van der Waals surface area (Å²) in [6, 6.07) is 11.0. The number of anilines is 1. The third-order valence-electron chi connectivity index (χ3n) is 6.37. The molecule has 2 atom stereocenters. The molecule has 0 saturated carbocycles. The van der Waals surface area contributed by atoms with Crippen molar-refractivity contribution in [1.82, 2.24) is 20.2 Å². The lowest BCUT2D eigenvalue weighted by molar-refractivity contribution is -0.116. The summed E-state index contributed by atoms with van der Waals surface area (Å²) >= 11 is 0. The van der Waals surface area contributed by atoms with Gasteiger partial charge in [-0.15, -0.1) is 0 Å². The molecule has 2 heterocycles. The summed E-state index contributed by atoms with van der Waals surface area (Å²) in [4.78, 5) is 13.6. The van der Waals surface area contributed by atoms with Gasteiger partial charge in [0, 0.05) is 17.7 Å². The van der Waals surface area contributed by atoms with Crippen LogP contribution in [0, 0.1) is 0 Å². The molecule has 1 aliphatic heterocycles. The number of hydrogen-bond donors (Lipinski definition) is 1. The SMILES string of the molecule is COc1ccc(C2CC(=O)C3=C(C2)Nc2nnnn2C3c2cc(OC)c(OC)c(OC)c2)cc1. The average molecular weight is 463 g/mol. The Hall–Kier alpha value is -4.08. The van der Waals surface area contributed by atoms with Crippen LogP contribution in [-0.4, -0.2) is 54.4 Å². The molecule has 2 unspecified atom stereocenters. The second-order valence-corrected chi connectivity index (χ2v) is 8.13. The summed E-state index contributed by atoms with van der Waals surface area (Å²) in [6.45, 7) is 0. The first-order valence-corrected chi connectivity index (χ1v) is 10.8. The van der Waals surface area contributed by atoms with Gasteiger partial charge < -0.3 is 24.3 Å². The smallest absolute Gasteiger partial charge is 0.248 e.